The van der Waals surface area contributed by atoms with Crippen molar-refractivity contribution < 1.29 is 34.1 Å². The first-order valence-corrected chi connectivity index (χ1v) is 12.8. The van der Waals surface area contributed by atoms with E-state index in [-0.39, 0.29) is 26.0 Å². The first-order valence-electron chi connectivity index (χ1n) is 11.2. The van der Waals surface area contributed by atoms with Gasteiger partial charge in [0.1, 0.15) is 6.61 Å². The van der Waals surface area contributed by atoms with Gasteiger partial charge in [0.15, 0.2) is 15.8 Å². The van der Waals surface area contributed by atoms with Gasteiger partial charge in [-0.25, -0.2) is 9.59 Å². The molecule has 1 saturated heterocycles. The molecule has 0 bridgehead atoms. The summed E-state index contributed by atoms with van der Waals surface area (Å²) in [5.41, 5.74) is 1.11. The van der Waals surface area contributed by atoms with Gasteiger partial charge in [0.05, 0.1) is 28.3 Å². The Bertz CT molecular complexity index is 1440. The van der Waals surface area contributed by atoms with Crippen LogP contribution in [0.4, 0.5) is 5.69 Å². The van der Waals surface area contributed by atoms with Crippen LogP contribution in [0.15, 0.2) is 65.6 Å². The van der Waals surface area contributed by atoms with Crippen LogP contribution in [-0.2, 0) is 11.4 Å². The van der Waals surface area contributed by atoms with Crippen LogP contribution in [0.1, 0.15) is 38.8 Å². The largest absolute Gasteiger partial charge is 0.490 e. The van der Waals surface area contributed by atoms with E-state index in [0.29, 0.717) is 35.3 Å². The van der Waals surface area contributed by atoms with Gasteiger partial charge in [-0.1, -0.05) is 53.8 Å². The number of hydrogen-bond acceptors (Lipinski definition) is 7. The summed E-state index contributed by atoms with van der Waals surface area (Å²) < 4.78 is 11.8. The van der Waals surface area contributed by atoms with E-state index in [1.165, 1.54) is 12.1 Å². The van der Waals surface area contributed by atoms with Crippen molar-refractivity contribution in [1.82, 2.24) is 0 Å². The average Bonchev–Trinajstić information content (AvgIpc) is 3.16. The van der Waals surface area contributed by atoms with Crippen LogP contribution in [0.5, 0.6) is 11.5 Å². The van der Waals surface area contributed by atoms with Crippen LogP contribution < -0.4 is 14.4 Å². The van der Waals surface area contributed by atoms with E-state index in [2.05, 4.69) is 0 Å². The number of aromatic carboxylic acids is 2. The number of amides is 1. The number of hydrogen-bond donors (Lipinski definition) is 2. The number of nitrogens with zero attached hydrogens (tertiary/aromatic N) is 1. The molecular weight excluding hydrogens is 550 g/mol. The topological polar surface area (TPSA) is 113 Å². The minimum atomic E-state index is -1.32. The second-order valence-electron chi connectivity index (χ2n) is 7.95. The molecule has 38 heavy (non-hydrogen) atoms. The predicted octanol–water partition coefficient (Wildman–Crippen LogP) is 6.12. The summed E-state index contributed by atoms with van der Waals surface area (Å²) in [6.07, 6.45) is 1.63. The van der Waals surface area contributed by atoms with Crippen molar-refractivity contribution in [2.75, 3.05) is 11.5 Å². The minimum Gasteiger partial charge on any atom is -0.490 e. The average molecular weight is 570 g/mol. The van der Waals surface area contributed by atoms with Gasteiger partial charge in [-0.05, 0) is 66.6 Å². The molecule has 0 radical (unpaired) electrons. The van der Waals surface area contributed by atoms with Crippen LogP contribution in [0.25, 0.3) is 6.08 Å². The molecule has 194 valence electrons. The number of ether oxygens (including phenoxy) is 2. The Morgan fingerprint density at radius 2 is 1.63 bits per heavy atom. The van der Waals surface area contributed by atoms with Crippen molar-refractivity contribution in [2.45, 2.75) is 13.5 Å². The van der Waals surface area contributed by atoms with Crippen molar-refractivity contribution in [2.24, 2.45) is 0 Å². The highest BCUT2D eigenvalue weighted by molar-refractivity contribution is 8.27. The van der Waals surface area contributed by atoms with E-state index in [1.54, 1.807) is 36.4 Å². The summed E-state index contributed by atoms with van der Waals surface area (Å²) in [6.45, 7) is 2.55. The number of thiocarbonyl (C=S) groups is 1. The summed E-state index contributed by atoms with van der Waals surface area (Å²) >= 11 is 12.3. The molecule has 0 spiro atoms. The summed E-state index contributed by atoms with van der Waals surface area (Å²) in [7, 11) is 0. The van der Waals surface area contributed by atoms with Crippen LogP contribution in [0, 0.1) is 0 Å². The van der Waals surface area contributed by atoms with Crippen LogP contribution >= 0.6 is 35.6 Å². The molecule has 1 fully saturated rings. The molecule has 3 aromatic carbocycles. The van der Waals surface area contributed by atoms with Crippen molar-refractivity contribution >= 4 is 69.5 Å². The molecule has 8 nitrogen and oxygen atoms in total. The Hall–Kier alpha value is -3.86. The number of thioether (sulfide) groups is 1. The maximum absolute atomic E-state index is 13.2. The fourth-order valence-electron chi connectivity index (χ4n) is 3.57. The molecule has 0 aromatic heterocycles. The smallest absolute Gasteiger partial charge is 0.335 e. The number of carbonyl (C=O) groups is 3. The van der Waals surface area contributed by atoms with Crippen LogP contribution in [0.2, 0.25) is 5.02 Å². The monoisotopic (exact) mass is 569 g/mol. The molecule has 1 heterocycles. The van der Waals surface area contributed by atoms with Gasteiger partial charge in [-0.3, -0.25) is 9.69 Å². The second-order valence-corrected chi connectivity index (χ2v) is 10.1. The molecule has 0 aliphatic carbocycles. The first-order chi connectivity index (χ1) is 18.2. The van der Waals surface area contributed by atoms with Gasteiger partial charge in [-0.15, -0.1) is 0 Å². The highest BCUT2D eigenvalue weighted by Crippen LogP contribution is 2.38. The third-order valence-corrected chi connectivity index (χ3v) is 6.89. The number of carboxylic acid groups (broad SMARTS) is 2. The van der Waals surface area contributed by atoms with Gasteiger partial charge in [0, 0.05) is 5.02 Å². The van der Waals surface area contributed by atoms with Crippen molar-refractivity contribution in [3.8, 4) is 11.5 Å². The number of halogens is 1. The van der Waals surface area contributed by atoms with Crippen molar-refractivity contribution in [3.05, 3.63) is 92.8 Å². The molecule has 2 N–H and O–H groups in total. The van der Waals surface area contributed by atoms with E-state index in [4.69, 9.17) is 33.3 Å². The third kappa shape index (κ3) is 6.16. The summed E-state index contributed by atoms with van der Waals surface area (Å²) in [4.78, 5) is 37.6. The van der Waals surface area contributed by atoms with Gasteiger partial charge >= 0.3 is 11.9 Å². The van der Waals surface area contributed by atoms with E-state index in [9.17, 15) is 24.6 Å². The SMILES string of the molecule is CCOc1cc(/C=C2\SC(=S)N(c3cc(C(=O)O)cc(C(=O)O)c3)C2=O)ccc1OCc1ccc(Cl)cc1. The van der Waals surface area contributed by atoms with E-state index in [0.717, 1.165) is 28.3 Å². The fourth-order valence-corrected chi connectivity index (χ4v) is 5.00. The highest BCUT2D eigenvalue weighted by Gasteiger charge is 2.34. The van der Waals surface area contributed by atoms with Crippen LogP contribution in [-0.4, -0.2) is 39.0 Å². The standard InChI is InChI=1S/C27H20ClNO7S2/c1-2-35-22-9-16(5-8-21(22)36-14-15-3-6-19(28)7-4-15)10-23-24(30)29(27(37)38-23)20-12-17(25(31)32)11-18(13-20)26(33)34/h3-13H,2,14H2,1H3,(H,31,32)(H,33,34)/b23-10-. The van der Waals surface area contributed by atoms with E-state index in [1.807, 2.05) is 19.1 Å². The highest BCUT2D eigenvalue weighted by atomic mass is 35.5. The lowest BCUT2D eigenvalue weighted by atomic mass is 10.1. The number of rotatable bonds is 9. The molecule has 4 rings (SSSR count). The molecule has 1 amide bonds. The lowest BCUT2D eigenvalue weighted by Gasteiger charge is -2.16. The number of benzene rings is 3. The molecule has 3 aromatic rings. The Kier molecular flexibility index (Phi) is 8.35. The first kappa shape index (κ1) is 27.2. The fraction of sp³-hybridized carbons (Fsp3) is 0.111. The Balaban J connectivity index is 1.59. The molecule has 0 unspecified atom stereocenters. The van der Waals surface area contributed by atoms with Gasteiger partial charge in [0.25, 0.3) is 5.91 Å². The minimum absolute atomic E-state index is 0.0640. The molecule has 0 atom stereocenters. The lowest BCUT2D eigenvalue weighted by Crippen LogP contribution is -2.28. The molecular formula is C27H20ClNO7S2. The molecule has 1 aliphatic heterocycles. The third-order valence-electron chi connectivity index (χ3n) is 5.34. The normalized spacial score (nSPS) is 14.2. The lowest BCUT2D eigenvalue weighted by molar-refractivity contribution is -0.113. The number of carboxylic acids is 2. The number of anilines is 1. The Labute approximate surface area is 232 Å². The molecule has 0 saturated carbocycles. The number of carbonyl (C=O) groups excluding carboxylic acids is 1. The van der Waals surface area contributed by atoms with E-state index >= 15 is 0 Å². The van der Waals surface area contributed by atoms with Gasteiger partial charge < -0.3 is 19.7 Å². The maximum Gasteiger partial charge on any atom is 0.335 e. The maximum atomic E-state index is 13.2. The van der Waals surface area contributed by atoms with E-state index < -0.39 is 17.8 Å². The zero-order chi connectivity index (χ0) is 27.4. The summed E-state index contributed by atoms with van der Waals surface area (Å²) in [5, 5.41) is 19.4. The summed E-state index contributed by atoms with van der Waals surface area (Å²) in [6, 6.07) is 16.0. The zero-order valence-corrected chi connectivity index (χ0v) is 22.2. The van der Waals surface area contributed by atoms with Crippen LogP contribution in [0.3, 0.4) is 0 Å². The van der Waals surface area contributed by atoms with Crippen molar-refractivity contribution in [1.29, 1.82) is 0 Å². The predicted molar refractivity (Wildman–Crippen MR) is 149 cm³/mol. The van der Waals surface area contributed by atoms with Crippen molar-refractivity contribution in [3.63, 3.8) is 0 Å². The molecule has 1 aliphatic rings. The van der Waals surface area contributed by atoms with Gasteiger partial charge in [-0.2, -0.15) is 0 Å². The second kappa shape index (κ2) is 11.7. The summed E-state index contributed by atoms with van der Waals surface area (Å²) in [5.74, 6) is -2.13. The zero-order valence-electron chi connectivity index (χ0n) is 19.8. The molecule has 11 heteroatoms. The van der Waals surface area contributed by atoms with Gasteiger partial charge in [0.2, 0.25) is 0 Å². The Morgan fingerprint density at radius 3 is 2.24 bits per heavy atom. The Morgan fingerprint density at radius 1 is 0.974 bits per heavy atom. The quantitative estimate of drug-likeness (QED) is 0.232.